The van der Waals surface area contributed by atoms with Gasteiger partial charge in [-0.3, -0.25) is 9.59 Å². The first-order valence-corrected chi connectivity index (χ1v) is 10.8. The van der Waals surface area contributed by atoms with Gasteiger partial charge in [0.05, 0.1) is 19.1 Å². The normalized spacial score (nSPS) is 31.4. The Labute approximate surface area is 166 Å². The second kappa shape index (κ2) is 8.14. The number of aliphatic carboxylic acids is 1. The lowest BCUT2D eigenvalue weighted by atomic mass is 9.51. The smallest absolute Gasteiger partial charge is 0.305 e. The molecule has 0 heterocycles. The van der Waals surface area contributed by atoms with E-state index in [1.807, 2.05) is 24.3 Å². The molecular weight excluding hydrogens is 354 g/mol. The first-order valence-electron chi connectivity index (χ1n) is 10.8. The highest BCUT2D eigenvalue weighted by Crippen LogP contribution is 2.56. The SMILES string of the molecule is CCCOc1ccc(C(CC(=O)O)NC(=O)C2C3CC4CC(C3)CC2C4)cc1. The van der Waals surface area contributed by atoms with E-state index in [0.29, 0.717) is 18.4 Å². The maximum atomic E-state index is 13.2. The predicted molar refractivity (Wildman–Crippen MR) is 106 cm³/mol. The molecule has 0 aromatic heterocycles. The topological polar surface area (TPSA) is 75.6 Å². The molecule has 4 aliphatic rings. The number of carboxylic acid groups (broad SMARTS) is 1. The maximum Gasteiger partial charge on any atom is 0.305 e. The average Bonchev–Trinajstić information content (AvgIpc) is 2.65. The van der Waals surface area contributed by atoms with Gasteiger partial charge in [0.1, 0.15) is 5.75 Å². The van der Waals surface area contributed by atoms with Crippen molar-refractivity contribution in [3.05, 3.63) is 29.8 Å². The molecule has 1 atom stereocenters. The molecule has 5 nitrogen and oxygen atoms in total. The molecule has 0 radical (unpaired) electrons. The molecule has 0 spiro atoms. The average molecular weight is 386 g/mol. The van der Waals surface area contributed by atoms with Crippen LogP contribution in [0.25, 0.3) is 0 Å². The van der Waals surface area contributed by atoms with E-state index >= 15 is 0 Å². The number of carboxylic acids is 1. The van der Waals surface area contributed by atoms with E-state index in [4.69, 9.17) is 4.74 Å². The number of carbonyl (C=O) groups is 2. The fourth-order valence-corrected chi connectivity index (χ4v) is 6.06. The summed E-state index contributed by atoms with van der Waals surface area (Å²) in [4.78, 5) is 24.6. The summed E-state index contributed by atoms with van der Waals surface area (Å²) in [5.41, 5.74) is 0.823. The van der Waals surface area contributed by atoms with Crippen LogP contribution in [0.5, 0.6) is 5.75 Å². The zero-order valence-electron chi connectivity index (χ0n) is 16.6. The minimum Gasteiger partial charge on any atom is -0.494 e. The Bertz CT molecular complexity index is 686. The van der Waals surface area contributed by atoms with E-state index in [2.05, 4.69) is 12.2 Å². The molecule has 5 heteroatoms. The van der Waals surface area contributed by atoms with Crippen LogP contribution in [0, 0.1) is 29.6 Å². The van der Waals surface area contributed by atoms with Gasteiger partial charge >= 0.3 is 5.97 Å². The molecule has 28 heavy (non-hydrogen) atoms. The summed E-state index contributed by atoms with van der Waals surface area (Å²) < 4.78 is 5.61. The molecule has 4 aliphatic carbocycles. The Hall–Kier alpha value is -2.04. The van der Waals surface area contributed by atoms with E-state index in [9.17, 15) is 14.7 Å². The summed E-state index contributed by atoms with van der Waals surface area (Å²) in [5, 5.41) is 12.5. The van der Waals surface area contributed by atoms with Gasteiger partial charge in [-0.1, -0.05) is 19.1 Å². The Morgan fingerprint density at radius 3 is 2.21 bits per heavy atom. The van der Waals surface area contributed by atoms with Gasteiger partial charge in [-0.2, -0.15) is 0 Å². The van der Waals surface area contributed by atoms with Crippen LogP contribution in [0.1, 0.15) is 63.5 Å². The number of ether oxygens (including phenoxy) is 1. The van der Waals surface area contributed by atoms with Crippen LogP contribution in [-0.4, -0.2) is 23.6 Å². The molecule has 0 saturated heterocycles. The molecule has 4 fully saturated rings. The third-order valence-corrected chi connectivity index (χ3v) is 6.98. The third-order valence-electron chi connectivity index (χ3n) is 6.98. The van der Waals surface area contributed by atoms with Crippen LogP contribution >= 0.6 is 0 Å². The highest BCUT2D eigenvalue weighted by Gasteiger charge is 2.50. The van der Waals surface area contributed by atoms with Crippen molar-refractivity contribution in [2.75, 3.05) is 6.61 Å². The quantitative estimate of drug-likeness (QED) is 0.704. The Morgan fingerprint density at radius 2 is 1.68 bits per heavy atom. The van der Waals surface area contributed by atoms with Gasteiger partial charge in [-0.05, 0) is 79.9 Å². The largest absolute Gasteiger partial charge is 0.494 e. The fraction of sp³-hybridized carbons (Fsp3) is 0.652. The summed E-state index contributed by atoms with van der Waals surface area (Å²) in [7, 11) is 0. The van der Waals surface area contributed by atoms with Crippen LogP contribution in [0.3, 0.4) is 0 Å². The molecule has 1 aromatic carbocycles. The lowest BCUT2D eigenvalue weighted by Crippen LogP contribution is -2.51. The first kappa shape index (κ1) is 19.3. The zero-order valence-corrected chi connectivity index (χ0v) is 16.6. The van der Waals surface area contributed by atoms with Crippen LogP contribution < -0.4 is 10.1 Å². The van der Waals surface area contributed by atoms with E-state index in [0.717, 1.165) is 29.6 Å². The van der Waals surface area contributed by atoms with Gasteiger partial charge in [-0.15, -0.1) is 0 Å². The molecule has 5 rings (SSSR count). The Kier molecular flexibility index (Phi) is 5.61. The van der Waals surface area contributed by atoms with Crippen LogP contribution in [-0.2, 0) is 9.59 Å². The van der Waals surface area contributed by atoms with E-state index in [-0.39, 0.29) is 18.2 Å². The third kappa shape index (κ3) is 4.03. The number of amides is 1. The number of hydrogen-bond donors (Lipinski definition) is 2. The number of nitrogens with one attached hydrogen (secondary N) is 1. The van der Waals surface area contributed by atoms with Gasteiger partial charge < -0.3 is 15.2 Å². The summed E-state index contributed by atoms with van der Waals surface area (Å²) in [5.74, 6) is 2.61. The standard InChI is InChI=1S/C23H31NO4/c1-2-7-28-19-5-3-16(4-6-19)20(13-21(25)26)24-23(27)22-17-9-14-8-15(11-17)12-18(22)10-14/h3-6,14-15,17-18,20,22H,2,7-13H2,1H3,(H,24,27)(H,25,26). The van der Waals surface area contributed by atoms with Gasteiger partial charge in [-0.25, -0.2) is 0 Å². The molecule has 4 bridgehead atoms. The van der Waals surface area contributed by atoms with Gasteiger partial charge in [0.25, 0.3) is 0 Å². The van der Waals surface area contributed by atoms with E-state index in [1.54, 1.807) is 0 Å². The molecule has 4 saturated carbocycles. The van der Waals surface area contributed by atoms with Crippen molar-refractivity contribution < 1.29 is 19.4 Å². The van der Waals surface area contributed by atoms with Gasteiger partial charge in [0.15, 0.2) is 0 Å². The lowest BCUT2D eigenvalue weighted by Gasteiger charge is -2.53. The van der Waals surface area contributed by atoms with Gasteiger partial charge in [0.2, 0.25) is 5.91 Å². The van der Waals surface area contributed by atoms with Crippen LogP contribution in [0.4, 0.5) is 0 Å². The number of carbonyl (C=O) groups excluding carboxylic acids is 1. The van der Waals surface area contributed by atoms with Crippen molar-refractivity contribution in [1.82, 2.24) is 5.32 Å². The van der Waals surface area contributed by atoms with Crippen molar-refractivity contribution >= 4 is 11.9 Å². The van der Waals surface area contributed by atoms with Crippen molar-refractivity contribution in [3.63, 3.8) is 0 Å². The number of hydrogen-bond acceptors (Lipinski definition) is 3. The van der Waals surface area contributed by atoms with Crippen LogP contribution in [0.15, 0.2) is 24.3 Å². The highest BCUT2D eigenvalue weighted by molar-refractivity contribution is 5.81. The highest BCUT2D eigenvalue weighted by atomic mass is 16.5. The second-order valence-corrected chi connectivity index (χ2v) is 9.03. The first-order chi connectivity index (χ1) is 13.5. The van der Waals surface area contributed by atoms with E-state index in [1.165, 1.54) is 32.1 Å². The zero-order chi connectivity index (χ0) is 19.7. The minimum absolute atomic E-state index is 0.0614. The Morgan fingerprint density at radius 1 is 1.07 bits per heavy atom. The van der Waals surface area contributed by atoms with Crippen molar-refractivity contribution in [2.24, 2.45) is 29.6 Å². The summed E-state index contributed by atoms with van der Waals surface area (Å²) in [6.07, 6.45) is 6.90. The predicted octanol–water partition coefficient (Wildman–Crippen LogP) is 4.18. The molecule has 1 aromatic rings. The molecule has 1 unspecified atom stereocenters. The second-order valence-electron chi connectivity index (χ2n) is 9.03. The molecular formula is C23H31NO4. The molecule has 152 valence electrons. The van der Waals surface area contributed by atoms with E-state index < -0.39 is 12.0 Å². The number of benzene rings is 1. The summed E-state index contributed by atoms with van der Waals surface area (Å²) in [6.45, 7) is 2.71. The minimum atomic E-state index is -0.901. The van der Waals surface area contributed by atoms with Crippen LogP contribution in [0.2, 0.25) is 0 Å². The lowest BCUT2D eigenvalue weighted by molar-refractivity contribution is -0.140. The fourth-order valence-electron chi connectivity index (χ4n) is 6.06. The number of rotatable bonds is 8. The van der Waals surface area contributed by atoms with Gasteiger partial charge in [0, 0.05) is 5.92 Å². The van der Waals surface area contributed by atoms with Crippen molar-refractivity contribution in [2.45, 2.75) is 57.9 Å². The molecule has 1 amide bonds. The van der Waals surface area contributed by atoms with Crippen molar-refractivity contribution in [3.8, 4) is 5.75 Å². The molecule has 0 aliphatic heterocycles. The maximum absolute atomic E-state index is 13.2. The Balaban J connectivity index is 1.46. The monoisotopic (exact) mass is 385 g/mol. The molecule has 2 N–H and O–H groups in total. The summed E-state index contributed by atoms with van der Waals surface area (Å²) in [6, 6.07) is 6.96. The van der Waals surface area contributed by atoms with Crippen molar-refractivity contribution in [1.29, 1.82) is 0 Å². The summed E-state index contributed by atoms with van der Waals surface area (Å²) >= 11 is 0.